The van der Waals surface area contributed by atoms with Crippen molar-refractivity contribution >= 4 is 54.4 Å². The minimum absolute atomic E-state index is 0. The van der Waals surface area contributed by atoms with Crippen LogP contribution in [-0.4, -0.2) is 37.1 Å². The van der Waals surface area contributed by atoms with Crippen molar-refractivity contribution in [2.75, 3.05) is 25.5 Å². The maximum Gasteiger partial charge on any atom is 0.258 e. The molecule has 1 aromatic heterocycles. The van der Waals surface area contributed by atoms with E-state index >= 15 is 0 Å². The van der Waals surface area contributed by atoms with Crippen LogP contribution in [0.15, 0.2) is 36.2 Å². The lowest BCUT2D eigenvalue weighted by molar-refractivity contribution is -0.110. The largest absolute Gasteiger partial charge is 0.496 e. The van der Waals surface area contributed by atoms with Gasteiger partial charge in [0.05, 0.1) is 35.8 Å². The first-order valence-electron chi connectivity index (χ1n) is 9.41. The highest BCUT2D eigenvalue weighted by molar-refractivity contribution is 6.32. The Morgan fingerprint density at radius 1 is 1.23 bits per heavy atom. The summed E-state index contributed by atoms with van der Waals surface area (Å²) in [5.74, 6) is -0.188. The predicted molar refractivity (Wildman–Crippen MR) is 128 cm³/mol. The maximum atomic E-state index is 14.5. The number of halogens is 4. The summed E-state index contributed by atoms with van der Waals surface area (Å²) in [5.41, 5.74) is 3.46. The zero-order chi connectivity index (χ0) is 19.7. The summed E-state index contributed by atoms with van der Waals surface area (Å²) < 4.78 is 19.8. The van der Waals surface area contributed by atoms with Crippen molar-refractivity contribution in [1.29, 1.82) is 0 Å². The molecule has 0 radical (unpaired) electrons. The Hall–Kier alpha value is -2.06. The lowest BCUT2D eigenvalue weighted by Crippen LogP contribution is -2.39. The number of allylic oxidation sites excluding steroid dienone is 1. The summed E-state index contributed by atoms with van der Waals surface area (Å²) in [7, 11) is 1.50. The molecule has 0 unspecified atom stereocenters. The molecule has 2 aliphatic rings. The van der Waals surface area contributed by atoms with Gasteiger partial charge in [0.25, 0.3) is 5.91 Å². The standard InChI is InChI=1S/C21H23FN4O2.3ClH/c1-12(25-13-6-8-23-9-7-13)19-14-10-16(24-11-17(14)26-21(19)27)20-15(22)4-3-5-18(20)28-2;;;/h3-5,10-11,13,23,25H,6-9H2,1-2H3,(H,26,27);3*1H/b19-12-;;;. The first kappa shape index (κ1) is 27.0. The molecule has 4 rings (SSSR count). The van der Waals surface area contributed by atoms with E-state index in [-0.39, 0.29) is 48.7 Å². The van der Waals surface area contributed by atoms with Crippen molar-refractivity contribution in [2.45, 2.75) is 25.8 Å². The molecule has 6 nitrogen and oxygen atoms in total. The summed E-state index contributed by atoms with van der Waals surface area (Å²) in [6, 6.07) is 6.73. The van der Waals surface area contributed by atoms with E-state index in [2.05, 4.69) is 20.9 Å². The van der Waals surface area contributed by atoms with Gasteiger partial charge in [-0.25, -0.2) is 4.39 Å². The molecule has 1 saturated heterocycles. The number of methoxy groups -OCH3 is 1. The Morgan fingerprint density at radius 2 is 1.94 bits per heavy atom. The first-order chi connectivity index (χ1) is 13.6. The van der Waals surface area contributed by atoms with E-state index in [4.69, 9.17) is 4.74 Å². The summed E-state index contributed by atoms with van der Waals surface area (Å²) in [6.45, 7) is 3.84. The number of benzene rings is 1. The monoisotopic (exact) mass is 490 g/mol. The van der Waals surface area contributed by atoms with Crippen LogP contribution < -0.4 is 20.7 Å². The number of aromatic nitrogens is 1. The molecule has 170 valence electrons. The second-order valence-corrected chi connectivity index (χ2v) is 7.05. The lowest BCUT2D eigenvalue weighted by Gasteiger charge is -2.25. The lowest BCUT2D eigenvalue weighted by atomic mass is 10.0. The predicted octanol–water partition coefficient (Wildman–Crippen LogP) is 4.19. The van der Waals surface area contributed by atoms with Gasteiger partial charge in [0.1, 0.15) is 11.6 Å². The maximum absolute atomic E-state index is 14.5. The zero-order valence-corrected chi connectivity index (χ0v) is 19.6. The summed E-state index contributed by atoms with van der Waals surface area (Å²) in [4.78, 5) is 17.0. The average molecular weight is 492 g/mol. The zero-order valence-electron chi connectivity index (χ0n) is 17.2. The first-order valence-corrected chi connectivity index (χ1v) is 9.41. The van der Waals surface area contributed by atoms with E-state index < -0.39 is 5.82 Å². The molecule has 2 aromatic rings. The molecule has 2 aliphatic heterocycles. The van der Waals surface area contributed by atoms with Crippen molar-refractivity contribution in [3.8, 4) is 17.0 Å². The Balaban J connectivity index is 0.00000160. The van der Waals surface area contributed by atoms with Gasteiger partial charge in [0.2, 0.25) is 0 Å². The molecule has 0 saturated carbocycles. The van der Waals surface area contributed by atoms with Crippen LogP contribution in [0.3, 0.4) is 0 Å². The number of anilines is 1. The Bertz CT molecular complexity index is 966. The van der Waals surface area contributed by atoms with Gasteiger partial charge in [-0.3, -0.25) is 9.78 Å². The van der Waals surface area contributed by atoms with Crippen molar-refractivity contribution in [2.24, 2.45) is 0 Å². The molecular formula is C21H26Cl3FN4O2. The number of pyridine rings is 1. The van der Waals surface area contributed by atoms with Crippen LogP contribution in [-0.2, 0) is 4.79 Å². The molecule has 1 amide bonds. The van der Waals surface area contributed by atoms with E-state index in [0.717, 1.165) is 37.2 Å². The van der Waals surface area contributed by atoms with Crippen LogP contribution >= 0.6 is 37.2 Å². The Labute approximate surface area is 199 Å². The number of piperidine rings is 1. The number of amides is 1. The van der Waals surface area contributed by atoms with Gasteiger partial charge in [-0.1, -0.05) is 6.07 Å². The second-order valence-electron chi connectivity index (χ2n) is 7.05. The molecule has 0 atom stereocenters. The molecule has 10 heteroatoms. The number of hydrogen-bond acceptors (Lipinski definition) is 5. The molecule has 1 aromatic carbocycles. The number of rotatable bonds is 4. The van der Waals surface area contributed by atoms with Gasteiger partial charge in [-0.2, -0.15) is 0 Å². The fraction of sp³-hybridized carbons (Fsp3) is 0.333. The van der Waals surface area contributed by atoms with E-state index in [0.29, 0.717) is 28.7 Å². The van der Waals surface area contributed by atoms with Crippen molar-refractivity contribution in [3.05, 3.63) is 47.5 Å². The summed E-state index contributed by atoms with van der Waals surface area (Å²) in [6.07, 6.45) is 3.58. The fourth-order valence-corrected chi connectivity index (χ4v) is 3.85. The number of ether oxygens (including phenoxy) is 1. The SMILES string of the molecule is COc1cccc(F)c1-c1cc2c(cn1)NC(=O)/C2=C(/C)NC1CCNCC1.Cl.Cl.Cl. The van der Waals surface area contributed by atoms with E-state index in [9.17, 15) is 9.18 Å². The highest BCUT2D eigenvalue weighted by atomic mass is 35.5. The summed E-state index contributed by atoms with van der Waals surface area (Å²) >= 11 is 0. The van der Waals surface area contributed by atoms with Crippen LogP contribution in [0.25, 0.3) is 16.8 Å². The van der Waals surface area contributed by atoms with E-state index in [1.807, 2.05) is 6.92 Å². The third kappa shape index (κ3) is 5.41. The molecule has 0 bridgehead atoms. The van der Waals surface area contributed by atoms with Crippen LogP contribution in [0, 0.1) is 5.82 Å². The fourth-order valence-electron chi connectivity index (χ4n) is 3.85. The third-order valence-electron chi connectivity index (χ3n) is 5.23. The molecule has 0 aliphatic carbocycles. The highest BCUT2D eigenvalue weighted by Gasteiger charge is 2.29. The molecule has 31 heavy (non-hydrogen) atoms. The minimum Gasteiger partial charge on any atom is -0.496 e. The van der Waals surface area contributed by atoms with Gasteiger partial charge in [0.15, 0.2) is 0 Å². The minimum atomic E-state index is -0.417. The van der Waals surface area contributed by atoms with Gasteiger partial charge >= 0.3 is 0 Å². The number of carbonyl (C=O) groups is 1. The highest BCUT2D eigenvalue weighted by Crippen LogP contribution is 2.38. The number of hydrogen-bond donors (Lipinski definition) is 3. The molecule has 1 fully saturated rings. The normalized spacial score (nSPS) is 16.7. The molecule has 0 spiro atoms. The Kier molecular flexibility index (Phi) is 10.0. The Morgan fingerprint density at radius 3 is 2.61 bits per heavy atom. The van der Waals surface area contributed by atoms with Crippen LogP contribution in [0.2, 0.25) is 0 Å². The van der Waals surface area contributed by atoms with E-state index in [1.165, 1.54) is 13.2 Å². The smallest absolute Gasteiger partial charge is 0.258 e. The molecule has 3 N–H and O–H groups in total. The van der Waals surface area contributed by atoms with Gasteiger partial charge in [-0.05, 0) is 51.1 Å². The van der Waals surface area contributed by atoms with Gasteiger partial charge < -0.3 is 20.7 Å². The van der Waals surface area contributed by atoms with E-state index in [1.54, 1.807) is 24.4 Å². The number of nitrogens with one attached hydrogen (secondary N) is 3. The second kappa shape index (κ2) is 11.5. The number of nitrogens with zero attached hydrogens (tertiary/aromatic N) is 1. The van der Waals surface area contributed by atoms with Crippen LogP contribution in [0.1, 0.15) is 25.3 Å². The quantitative estimate of drug-likeness (QED) is 0.559. The summed E-state index contributed by atoms with van der Waals surface area (Å²) in [5, 5.41) is 9.67. The average Bonchev–Trinajstić information content (AvgIpc) is 3.03. The number of carbonyl (C=O) groups excluding carboxylic acids is 1. The van der Waals surface area contributed by atoms with Gasteiger partial charge in [-0.15, -0.1) is 37.2 Å². The topological polar surface area (TPSA) is 75.3 Å². The molecular weight excluding hydrogens is 466 g/mol. The van der Waals surface area contributed by atoms with Crippen LogP contribution in [0.4, 0.5) is 10.1 Å². The number of fused-ring (bicyclic) bond motifs is 1. The van der Waals surface area contributed by atoms with Crippen molar-refractivity contribution in [1.82, 2.24) is 15.6 Å². The third-order valence-corrected chi connectivity index (χ3v) is 5.23. The van der Waals surface area contributed by atoms with Gasteiger partial charge in [0, 0.05) is 17.3 Å². The van der Waals surface area contributed by atoms with Crippen molar-refractivity contribution in [3.63, 3.8) is 0 Å². The molecule has 3 heterocycles. The van der Waals surface area contributed by atoms with Crippen molar-refractivity contribution < 1.29 is 13.9 Å². The van der Waals surface area contributed by atoms with Crippen LogP contribution in [0.5, 0.6) is 5.75 Å².